The van der Waals surface area contributed by atoms with Crippen molar-refractivity contribution in [3.8, 4) is 5.82 Å². The fraction of sp³-hybridized carbons (Fsp3) is 0.348. The first-order valence-electron chi connectivity index (χ1n) is 10.8. The van der Waals surface area contributed by atoms with Gasteiger partial charge < -0.3 is 5.32 Å². The molecule has 1 saturated carbocycles. The first-order chi connectivity index (χ1) is 15.5. The highest BCUT2D eigenvalue weighted by molar-refractivity contribution is 5.88. The molecule has 3 heterocycles. The van der Waals surface area contributed by atoms with Gasteiger partial charge in [0.05, 0.1) is 17.3 Å². The Kier molecular flexibility index (Phi) is 5.16. The fourth-order valence-electron chi connectivity index (χ4n) is 4.45. The molecule has 0 radical (unpaired) electrons. The third-order valence-corrected chi connectivity index (χ3v) is 6.02. The number of fused-ring (bicyclic) bond motifs is 1. The van der Waals surface area contributed by atoms with E-state index >= 15 is 0 Å². The van der Waals surface area contributed by atoms with Crippen LogP contribution < -0.4 is 10.9 Å². The van der Waals surface area contributed by atoms with Gasteiger partial charge in [-0.3, -0.25) is 4.79 Å². The van der Waals surface area contributed by atoms with Crippen LogP contribution in [0.15, 0.2) is 47.5 Å². The summed E-state index contributed by atoms with van der Waals surface area (Å²) in [6, 6.07) is 10.0. The molecular formula is C23H24FN7O. The van der Waals surface area contributed by atoms with Crippen LogP contribution in [0.2, 0.25) is 0 Å². The molecule has 0 bridgehead atoms. The second-order valence-corrected chi connectivity index (χ2v) is 8.35. The van der Waals surface area contributed by atoms with Crippen molar-refractivity contribution in [2.45, 2.75) is 51.6 Å². The number of anilines is 1. The summed E-state index contributed by atoms with van der Waals surface area (Å²) in [6.45, 7) is 3.91. The van der Waals surface area contributed by atoms with Crippen LogP contribution in [0.25, 0.3) is 16.7 Å². The van der Waals surface area contributed by atoms with Crippen LogP contribution >= 0.6 is 0 Å². The Morgan fingerprint density at radius 1 is 1.00 bits per heavy atom. The molecule has 1 N–H and O–H groups in total. The Morgan fingerprint density at radius 3 is 2.56 bits per heavy atom. The maximum atomic E-state index is 13.5. The predicted octanol–water partition coefficient (Wildman–Crippen LogP) is 3.72. The zero-order valence-corrected chi connectivity index (χ0v) is 18.0. The fourth-order valence-corrected chi connectivity index (χ4v) is 4.45. The van der Waals surface area contributed by atoms with Crippen molar-refractivity contribution in [3.05, 3.63) is 70.3 Å². The summed E-state index contributed by atoms with van der Waals surface area (Å²) in [6.07, 6.45) is 4.83. The lowest BCUT2D eigenvalue weighted by molar-refractivity contribution is 0.302. The van der Waals surface area contributed by atoms with E-state index in [-0.39, 0.29) is 23.5 Å². The number of hydrogen-bond donors (Lipinski definition) is 1. The maximum absolute atomic E-state index is 13.5. The van der Waals surface area contributed by atoms with Gasteiger partial charge in [-0.1, -0.05) is 0 Å². The molecule has 32 heavy (non-hydrogen) atoms. The van der Waals surface area contributed by atoms with E-state index in [1.807, 2.05) is 19.9 Å². The van der Waals surface area contributed by atoms with Crippen LogP contribution in [0.1, 0.15) is 43.1 Å². The van der Waals surface area contributed by atoms with Crippen molar-refractivity contribution >= 4 is 16.7 Å². The minimum atomic E-state index is -0.316. The average Bonchev–Trinajstić information content (AvgIpc) is 3.12. The Labute approximate surface area is 184 Å². The lowest BCUT2D eigenvalue weighted by Gasteiger charge is -2.30. The van der Waals surface area contributed by atoms with Gasteiger partial charge in [0, 0.05) is 29.3 Å². The Bertz CT molecular complexity index is 1340. The molecule has 164 valence electrons. The van der Waals surface area contributed by atoms with Crippen molar-refractivity contribution in [2.24, 2.45) is 0 Å². The molecule has 0 unspecified atom stereocenters. The van der Waals surface area contributed by atoms with E-state index in [4.69, 9.17) is 0 Å². The Hall–Kier alpha value is -3.62. The zero-order chi connectivity index (χ0) is 22.2. The summed E-state index contributed by atoms with van der Waals surface area (Å²) < 4.78 is 16.9. The molecule has 1 aromatic carbocycles. The number of rotatable bonds is 4. The summed E-state index contributed by atoms with van der Waals surface area (Å²) in [4.78, 5) is 21.1. The second kappa shape index (κ2) is 8.14. The summed E-state index contributed by atoms with van der Waals surface area (Å²) in [5, 5.41) is 13.4. The molecule has 1 fully saturated rings. The SMILES string of the molecule is Cc1cc(C)n(-c2ccc(=O)n(C3CCC(Nc4ncnc5cc(F)ccc45)CC3)n2)n1. The minimum Gasteiger partial charge on any atom is -0.367 e. The van der Waals surface area contributed by atoms with E-state index in [1.54, 1.807) is 27.6 Å². The van der Waals surface area contributed by atoms with Gasteiger partial charge in [-0.2, -0.15) is 5.10 Å². The van der Waals surface area contributed by atoms with E-state index in [0.717, 1.165) is 42.5 Å². The highest BCUT2D eigenvalue weighted by Crippen LogP contribution is 2.30. The third kappa shape index (κ3) is 3.86. The van der Waals surface area contributed by atoms with E-state index in [0.29, 0.717) is 17.2 Å². The van der Waals surface area contributed by atoms with Crippen molar-refractivity contribution in [1.29, 1.82) is 0 Å². The van der Waals surface area contributed by atoms with Gasteiger partial charge in [-0.05, 0) is 63.8 Å². The Balaban J connectivity index is 1.32. The maximum Gasteiger partial charge on any atom is 0.267 e. The lowest BCUT2D eigenvalue weighted by atomic mass is 9.91. The van der Waals surface area contributed by atoms with Crippen molar-refractivity contribution in [3.63, 3.8) is 0 Å². The highest BCUT2D eigenvalue weighted by atomic mass is 19.1. The van der Waals surface area contributed by atoms with Crippen LogP contribution in [0.4, 0.5) is 10.2 Å². The molecule has 0 aliphatic heterocycles. The number of halogens is 1. The molecule has 1 aliphatic carbocycles. The van der Waals surface area contributed by atoms with Crippen molar-refractivity contribution in [2.75, 3.05) is 5.32 Å². The monoisotopic (exact) mass is 433 g/mol. The van der Waals surface area contributed by atoms with Gasteiger partial charge in [0.15, 0.2) is 5.82 Å². The van der Waals surface area contributed by atoms with Crippen LogP contribution in [0.5, 0.6) is 0 Å². The lowest BCUT2D eigenvalue weighted by Crippen LogP contribution is -2.33. The molecule has 0 amide bonds. The van der Waals surface area contributed by atoms with E-state index < -0.39 is 0 Å². The molecule has 4 aromatic rings. The first kappa shape index (κ1) is 20.3. The zero-order valence-electron chi connectivity index (χ0n) is 18.0. The number of hydrogen-bond acceptors (Lipinski definition) is 6. The molecule has 9 heteroatoms. The number of nitrogens with zero attached hydrogens (tertiary/aromatic N) is 6. The largest absolute Gasteiger partial charge is 0.367 e. The highest BCUT2D eigenvalue weighted by Gasteiger charge is 2.25. The Morgan fingerprint density at radius 2 is 1.81 bits per heavy atom. The third-order valence-electron chi connectivity index (χ3n) is 6.02. The molecule has 0 saturated heterocycles. The van der Waals surface area contributed by atoms with Crippen molar-refractivity contribution in [1.82, 2.24) is 29.5 Å². The second-order valence-electron chi connectivity index (χ2n) is 8.35. The van der Waals surface area contributed by atoms with E-state index in [1.165, 1.54) is 18.5 Å². The molecular weight excluding hydrogens is 409 g/mol. The van der Waals surface area contributed by atoms with Gasteiger partial charge in [0.2, 0.25) is 0 Å². The van der Waals surface area contributed by atoms with Crippen LogP contribution in [0.3, 0.4) is 0 Å². The van der Waals surface area contributed by atoms with Crippen LogP contribution in [-0.4, -0.2) is 35.6 Å². The summed E-state index contributed by atoms with van der Waals surface area (Å²) in [7, 11) is 0. The van der Waals surface area contributed by atoms with Gasteiger partial charge in [0.1, 0.15) is 18.0 Å². The minimum absolute atomic E-state index is 0.0358. The molecule has 3 aromatic heterocycles. The van der Waals surface area contributed by atoms with Gasteiger partial charge in [-0.15, -0.1) is 5.10 Å². The molecule has 8 nitrogen and oxygen atoms in total. The van der Waals surface area contributed by atoms with Crippen LogP contribution in [0, 0.1) is 19.7 Å². The normalized spacial score (nSPS) is 18.7. The molecule has 1 aliphatic rings. The van der Waals surface area contributed by atoms with E-state index in [9.17, 15) is 9.18 Å². The van der Waals surface area contributed by atoms with Crippen molar-refractivity contribution < 1.29 is 4.39 Å². The molecule has 0 spiro atoms. The van der Waals surface area contributed by atoms with Gasteiger partial charge in [-0.25, -0.2) is 23.7 Å². The van der Waals surface area contributed by atoms with Gasteiger partial charge >= 0.3 is 0 Å². The topological polar surface area (TPSA) is 90.5 Å². The first-order valence-corrected chi connectivity index (χ1v) is 10.8. The smallest absolute Gasteiger partial charge is 0.267 e. The molecule has 5 rings (SSSR count). The summed E-state index contributed by atoms with van der Waals surface area (Å²) >= 11 is 0. The standard InChI is InChI=1S/C23H24FN7O/c1-14-11-15(2)30(28-14)21-9-10-22(32)31(29-21)18-6-4-17(5-7-18)27-23-19-8-3-16(24)12-20(19)25-13-26-23/h3,8-13,17-18H,4-7H2,1-2H3,(H,25,26,27). The number of aryl methyl sites for hydroxylation is 2. The summed E-state index contributed by atoms with van der Waals surface area (Å²) in [5.74, 6) is 1.04. The predicted molar refractivity (Wildman–Crippen MR) is 120 cm³/mol. The van der Waals surface area contributed by atoms with E-state index in [2.05, 4.69) is 25.5 Å². The van der Waals surface area contributed by atoms with Crippen LogP contribution in [-0.2, 0) is 0 Å². The quantitative estimate of drug-likeness (QED) is 0.528. The summed E-state index contributed by atoms with van der Waals surface area (Å²) in [5.41, 5.74) is 2.36. The van der Waals surface area contributed by atoms with Gasteiger partial charge in [0.25, 0.3) is 5.56 Å². The number of nitrogens with one attached hydrogen (secondary N) is 1. The average molecular weight is 433 g/mol. The number of benzene rings is 1. The molecule has 0 atom stereocenters. The number of aromatic nitrogens is 6.